The van der Waals surface area contributed by atoms with Crippen LogP contribution in [-0.2, 0) is 14.8 Å². The van der Waals surface area contributed by atoms with Gasteiger partial charge in [-0.15, -0.1) is 10.2 Å². The molecule has 0 bridgehead atoms. The third-order valence-electron chi connectivity index (χ3n) is 3.42. The summed E-state index contributed by atoms with van der Waals surface area (Å²) in [6.45, 7) is 0.856. The van der Waals surface area contributed by atoms with Gasteiger partial charge in [0.25, 0.3) is 15.9 Å². The van der Waals surface area contributed by atoms with Gasteiger partial charge in [0.05, 0.1) is 6.10 Å². The number of rotatable bonds is 6. The van der Waals surface area contributed by atoms with E-state index in [-0.39, 0.29) is 28.0 Å². The average molecular weight is 368 g/mol. The fraction of sp³-hybridized carbons (Fsp3) is 0.357. The standard InChI is InChI=1S/C14H16N4O4S2/c19-12(10-5-2-1-3-6-10)16-13-17-18-14(23-13)24(20,21)15-9-11-7-4-8-22-11/h1-3,5-6,11,15H,4,7-9H2,(H,16,17,19). The zero-order valence-corrected chi connectivity index (χ0v) is 14.3. The molecule has 0 saturated carbocycles. The number of nitrogens with zero attached hydrogens (tertiary/aromatic N) is 2. The van der Waals surface area contributed by atoms with E-state index in [1.54, 1.807) is 30.3 Å². The van der Waals surface area contributed by atoms with E-state index < -0.39 is 10.0 Å². The lowest BCUT2D eigenvalue weighted by molar-refractivity contribution is 0.102. The summed E-state index contributed by atoms with van der Waals surface area (Å²) in [6, 6.07) is 8.57. The van der Waals surface area contributed by atoms with Crippen LogP contribution in [0.4, 0.5) is 5.13 Å². The molecule has 1 aliphatic heterocycles. The zero-order chi connectivity index (χ0) is 17.0. The molecule has 2 N–H and O–H groups in total. The molecule has 1 amide bonds. The van der Waals surface area contributed by atoms with Crippen LogP contribution in [0.2, 0.25) is 0 Å². The number of ether oxygens (including phenoxy) is 1. The Bertz CT molecular complexity index is 801. The van der Waals surface area contributed by atoms with Gasteiger partial charge in [0.1, 0.15) is 0 Å². The minimum Gasteiger partial charge on any atom is -0.377 e. The first-order valence-electron chi connectivity index (χ1n) is 7.36. The van der Waals surface area contributed by atoms with Crippen LogP contribution < -0.4 is 10.0 Å². The van der Waals surface area contributed by atoms with E-state index >= 15 is 0 Å². The van der Waals surface area contributed by atoms with Gasteiger partial charge in [0.15, 0.2) is 0 Å². The SMILES string of the molecule is O=C(Nc1nnc(S(=O)(=O)NCC2CCCO2)s1)c1ccccc1. The molecule has 2 aromatic rings. The Balaban J connectivity index is 1.62. The summed E-state index contributed by atoms with van der Waals surface area (Å²) in [6.07, 6.45) is 1.66. The van der Waals surface area contributed by atoms with Crippen LogP contribution in [0.25, 0.3) is 0 Å². The first-order chi connectivity index (χ1) is 11.5. The zero-order valence-electron chi connectivity index (χ0n) is 12.6. The molecule has 1 aromatic heterocycles. The van der Waals surface area contributed by atoms with Gasteiger partial charge in [-0.1, -0.05) is 29.5 Å². The van der Waals surface area contributed by atoms with Crippen molar-refractivity contribution in [1.82, 2.24) is 14.9 Å². The average Bonchev–Trinajstić information content (AvgIpc) is 3.26. The molecular weight excluding hydrogens is 352 g/mol. The maximum absolute atomic E-state index is 12.2. The van der Waals surface area contributed by atoms with Gasteiger partial charge >= 0.3 is 0 Å². The number of amides is 1. The van der Waals surface area contributed by atoms with Gasteiger partial charge < -0.3 is 4.74 Å². The second-order valence-electron chi connectivity index (χ2n) is 5.18. The summed E-state index contributed by atoms with van der Waals surface area (Å²) in [5.74, 6) is -0.372. The number of hydrogen-bond donors (Lipinski definition) is 2. The largest absolute Gasteiger partial charge is 0.377 e. The van der Waals surface area contributed by atoms with Crippen LogP contribution in [0.3, 0.4) is 0 Å². The molecule has 3 rings (SSSR count). The van der Waals surface area contributed by atoms with E-state index in [0.717, 1.165) is 24.2 Å². The highest BCUT2D eigenvalue weighted by Gasteiger charge is 2.24. The van der Waals surface area contributed by atoms with Crippen LogP contribution in [0.5, 0.6) is 0 Å². The maximum Gasteiger partial charge on any atom is 0.269 e. The van der Waals surface area contributed by atoms with Crippen molar-refractivity contribution in [3.05, 3.63) is 35.9 Å². The second-order valence-corrected chi connectivity index (χ2v) is 8.10. The number of anilines is 1. The normalized spacial score (nSPS) is 17.8. The van der Waals surface area contributed by atoms with Crippen LogP contribution >= 0.6 is 11.3 Å². The summed E-state index contributed by atoms with van der Waals surface area (Å²) in [7, 11) is -3.76. The third kappa shape index (κ3) is 4.15. The van der Waals surface area contributed by atoms with Crippen molar-refractivity contribution in [1.29, 1.82) is 0 Å². The van der Waals surface area contributed by atoms with E-state index in [1.165, 1.54) is 0 Å². The van der Waals surface area contributed by atoms with Gasteiger partial charge in [-0.3, -0.25) is 10.1 Å². The lowest BCUT2D eigenvalue weighted by Crippen LogP contribution is -2.31. The monoisotopic (exact) mass is 368 g/mol. The molecule has 24 heavy (non-hydrogen) atoms. The molecule has 8 nitrogen and oxygen atoms in total. The molecule has 1 aliphatic rings. The van der Waals surface area contributed by atoms with Gasteiger partial charge in [-0.05, 0) is 25.0 Å². The fourth-order valence-electron chi connectivity index (χ4n) is 2.20. The quantitative estimate of drug-likeness (QED) is 0.743. The van der Waals surface area contributed by atoms with Gasteiger partial charge in [-0.2, -0.15) is 0 Å². The topological polar surface area (TPSA) is 110 Å². The molecular formula is C14H16N4O4S2. The van der Waals surface area contributed by atoms with E-state index in [1.807, 2.05) is 0 Å². The Morgan fingerprint density at radius 3 is 2.79 bits per heavy atom. The van der Waals surface area contributed by atoms with Crippen molar-refractivity contribution in [2.45, 2.75) is 23.3 Å². The smallest absolute Gasteiger partial charge is 0.269 e. The van der Waals surface area contributed by atoms with Crippen molar-refractivity contribution >= 4 is 32.4 Å². The molecule has 0 aliphatic carbocycles. The number of nitrogens with one attached hydrogen (secondary N) is 2. The molecule has 2 heterocycles. The molecule has 10 heteroatoms. The number of hydrogen-bond acceptors (Lipinski definition) is 7. The molecule has 1 atom stereocenters. The number of carbonyl (C=O) groups is 1. The Morgan fingerprint density at radius 2 is 2.08 bits per heavy atom. The lowest BCUT2D eigenvalue weighted by Gasteiger charge is -2.09. The summed E-state index contributed by atoms with van der Waals surface area (Å²) >= 11 is 0.800. The van der Waals surface area contributed by atoms with Crippen molar-refractivity contribution in [2.75, 3.05) is 18.5 Å². The highest BCUT2D eigenvalue weighted by Crippen LogP contribution is 2.21. The molecule has 0 radical (unpaired) electrons. The van der Waals surface area contributed by atoms with Crippen LogP contribution in [0.15, 0.2) is 34.7 Å². The number of benzene rings is 1. The number of carbonyl (C=O) groups excluding carboxylic acids is 1. The molecule has 1 saturated heterocycles. The summed E-state index contributed by atoms with van der Waals surface area (Å²) < 4.78 is 32.0. The van der Waals surface area contributed by atoms with Crippen LogP contribution in [-0.4, -0.2) is 43.8 Å². The summed E-state index contributed by atoms with van der Waals surface area (Å²) in [5.41, 5.74) is 0.452. The molecule has 1 unspecified atom stereocenters. The van der Waals surface area contributed by atoms with Crippen LogP contribution in [0, 0.1) is 0 Å². The van der Waals surface area contributed by atoms with Crippen LogP contribution in [0.1, 0.15) is 23.2 Å². The third-order valence-corrected chi connectivity index (χ3v) is 6.05. The predicted molar refractivity (Wildman–Crippen MR) is 88.5 cm³/mol. The number of aromatic nitrogens is 2. The summed E-state index contributed by atoms with van der Waals surface area (Å²) in [5, 5.41) is 10.0. The Labute approximate surface area is 143 Å². The first-order valence-corrected chi connectivity index (χ1v) is 9.66. The van der Waals surface area contributed by atoms with Crippen molar-refractivity contribution in [3.63, 3.8) is 0 Å². The van der Waals surface area contributed by atoms with E-state index in [4.69, 9.17) is 4.74 Å². The van der Waals surface area contributed by atoms with Gasteiger partial charge in [0, 0.05) is 18.7 Å². The fourth-order valence-corrected chi connectivity index (χ4v) is 4.20. The van der Waals surface area contributed by atoms with Crippen molar-refractivity contribution in [2.24, 2.45) is 0 Å². The Morgan fingerprint density at radius 1 is 1.29 bits per heavy atom. The Hall–Kier alpha value is -1.88. The lowest BCUT2D eigenvalue weighted by atomic mass is 10.2. The molecule has 0 spiro atoms. The Kier molecular flexibility index (Phi) is 5.19. The van der Waals surface area contributed by atoms with Crippen molar-refractivity contribution in [3.8, 4) is 0 Å². The predicted octanol–water partition coefficient (Wildman–Crippen LogP) is 1.25. The van der Waals surface area contributed by atoms with Crippen molar-refractivity contribution < 1.29 is 17.9 Å². The van der Waals surface area contributed by atoms with Gasteiger partial charge in [-0.25, -0.2) is 13.1 Å². The number of sulfonamides is 1. The van der Waals surface area contributed by atoms with E-state index in [0.29, 0.717) is 12.2 Å². The minimum atomic E-state index is -3.76. The summed E-state index contributed by atoms with van der Waals surface area (Å²) in [4.78, 5) is 12.0. The molecule has 128 valence electrons. The van der Waals surface area contributed by atoms with E-state index in [2.05, 4.69) is 20.2 Å². The highest BCUT2D eigenvalue weighted by atomic mass is 32.2. The minimum absolute atomic E-state index is 0.107. The second kappa shape index (κ2) is 7.34. The molecule has 1 aromatic carbocycles. The maximum atomic E-state index is 12.2. The van der Waals surface area contributed by atoms with E-state index in [9.17, 15) is 13.2 Å². The molecule has 1 fully saturated rings. The highest BCUT2D eigenvalue weighted by molar-refractivity contribution is 7.91. The first kappa shape index (κ1) is 17.0. The van der Waals surface area contributed by atoms with Gasteiger partial charge in [0.2, 0.25) is 9.47 Å².